The summed E-state index contributed by atoms with van der Waals surface area (Å²) in [6.45, 7) is 8.23. The normalized spacial score (nSPS) is 12.9. The van der Waals surface area contributed by atoms with Gasteiger partial charge in [0.25, 0.3) is 5.88 Å². The van der Waals surface area contributed by atoms with Crippen molar-refractivity contribution in [2.75, 3.05) is 19.8 Å². The Balaban J connectivity index is 2.80. The van der Waals surface area contributed by atoms with Gasteiger partial charge in [0.15, 0.2) is 12.1 Å². The highest BCUT2D eigenvalue weighted by Crippen LogP contribution is 2.36. The van der Waals surface area contributed by atoms with E-state index in [1.54, 1.807) is 13.8 Å². The summed E-state index contributed by atoms with van der Waals surface area (Å²) in [5.41, 5.74) is 0. The zero-order valence-electron chi connectivity index (χ0n) is 13.2. The van der Waals surface area contributed by atoms with Crippen molar-refractivity contribution in [3.63, 3.8) is 0 Å². The lowest BCUT2D eigenvalue weighted by atomic mass is 9.93. The standard InChI is InChI=1S/C14H22ClNO6/c1-5-19-9(20-6-2)7-21-13-11(15)12(22-16-13)10(8(3)4)14(17)18/h8-10H,5-7H2,1-4H3,(H,17,18). The molecule has 7 nitrogen and oxygen atoms in total. The maximum atomic E-state index is 11.3. The molecule has 0 aliphatic heterocycles. The molecule has 0 spiro atoms. The molecule has 8 heteroatoms. The third kappa shape index (κ3) is 4.86. The van der Waals surface area contributed by atoms with Gasteiger partial charge in [-0.25, -0.2) is 0 Å². The maximum Gasteiger partial charge on any atom is 0.314 e. The average Bonchev–Trinajstić information content (AvgIpc) is 2.78. The predicted octanol–water partition coefficient (Wildman–Crippen LogP) is 2.93. The van der Waals surface area contributed by atoms with Gasteiger partial charge in [-0.1, -0.05) is 25.4 Å². The minimum Gasteiger partial charge on any atom is -0.481 e. The number of aliphatic carboxylic acids is 1. The quantitative estimate of drug-likeness (QED) is 0.657. The van der Waals surface area contributed by atoms with E-state index in [-0.39, 0.29) is 29.2 Å². The molecule has 1 atom stereocenters. The van der Waals surface area contributed by atoms with E-state index >= 15 is 0 Å². The number of hydrogen-bond acceptors (Lipinski definition) is 6. The Morgan fingerprint density at radius 2 is 1.91 bits per heavy atom. The van der Waals surface area contributed by atoms with Crippen LogP contribution < -0.4 is 4.74 Å². The highest BCUT2D eigenvalue weighted by Gasteiger charge is 2.32. The van der Waals surface area contributed by atoms with Gasteiger partial charge >= 0.3 is 5.97 Å². The number of nitrogens with zero attached hydrogens (tertiary/aromatic N) is 1. The first-order valence-electron chi connectivity index (χ1n) is 7.16. The second-order valence-corrected chi connectivity index (χ2v) is 5.26. The van der Waals surface area contributed by atoms with Gasteiger partial charge in [0.1, 0.15) is 17.5 Å². The number of carboxylic acid groups (broad SMARTS) is 1. The van der Waals surface area contributed by atoms with Gasteiger partial charge < -0.3 is 23.8 Å². The van der Waals surface area contributed by atoms with Crippen molar-refractivity contribution >= 4 is 17.6 Å². The van der Waals surface area contributed by atoms with Crippen LogP contribution in [0.3, 0.4) is 0 Å². The molecular weight excluding hydrogens is 314 g/mol. The summed E-state index contributed by atoms with van der Waals surface area (Å²) in [5, 5.41) is 13.0. The molecule has 0 aromatic carbocycles. The van der Waals surface area contributed by atoms with Crippen LogP contribution in [-0.2, 0) is 14.3 Å². The van der Waals surface area contributed by atoms with E-state index in [0.29, 0.717) is 13.2 Å². The zero-order chi connectivity index (χ0) is 16.7. The van der Waals surface area contributed by atoms with Crippen LogP contribution >= 0.6 is 11.6 Å². The molecule has 0 amide bonds. The first-order chi connectivity index (χ1) is 10.4. The van der Waals surface area contributed by atoms with Crippen molar-refractivity contribution in [1.82, 2.24) is 5.16 Å². The molecule has 1 unspecified atom stereocenters. The van der Waals surface area contributed by atoms with Crippen LogP contribution in [0.1, 0.15) is 39.4 Å². The van der Waals surface area contributed by atoms with E-state index in [1.807, 2.05) is 13.8 Å². The molecule has 1 aromatic rings. The van der Waals surface area contributed by atoms with E-state index in [1.165, 1.54) is 0 Å². The van der Waals surface area contributed by atoms with E-state index in [9.17, 15) is 9.90 Å². The fourth-order valence-electron chi connectivity index (χ4n) is 1.92. The molecule has 0 fully saturated rings. The number of halogens is 1. The molecule has 126 valence electrons. The lowest BCUT2D eigenvalue weighted by Gasteiger charge is -2.16. The third-order valence-corrected chi connectivity index (χ3v) is 3.26. The van der Waals surface area contributed by atoms with Crippen LogP contribution in [0.5, 0.6) is 5.88 Å². The summed E-state index contributed by atoms with van der Waals surface area (Å²) in [4.78, 5) is 11.3. The van der Waals surface area contributed by atoms with Gasteiger partial charge in [0.2, 0.25) is 0 Å². The lowest BCUT2D eigenvalue weighted by molar-refractivity contribution is -0.152. The van der Waals surface area contributed by atoms with Gasteiger partial charge in [0, 0.05) is 13.2 Å². The molecule has 0 saturated heterocycles. The molecule has 1 aromatic heterocycles. The zero-order valence-corrected chi connectivity index (χ0v) is 13.9. The Hall–Kier alpha value is -1.31. The van der Waals surface area contributed by atoms with E-state index in [2.05, 4.69) is 5.16 Å². The third-order valence-electron chi connectivity index (χ3n) is 2.91. The molecule has 0 saturated carbocycles. The summed E-state index contributed by atoms with van der Waals surface area (Å²) < 4.78 is 21.1. The molecule has 0 radical (unpaired) electrons. The molecule has 0 bridgehead atoms. The summed E-state index contributed by atoms with van der Waals surface area (Å²) >= 11 is 6.12. The van der Waals surface area contributed by atoms with Crippen LogP contribution in [0.2, 0.25) is 5.02 Å². The minimum atomic E-state index is -1.03. The molecule has 22 heavy (non-hydrogen) atoms. The van der Waals surface area contributed by atoms with E-state index < -0.39 is 18.2 Å². The van der Waals surface area contributed by atoms with Gasteiger partial charge in [0.05, 0.1) is 0 Å². The Kier molecular flexibility index (Phi) is 7.64. The van der Waals surface area contributed by atoms with Gasteiger partial charge in [-0.3, -0.25) is 4.79 Å². The average molecular weight is 336 g/mol. The summed E-state index contributed by atoms with van der Waals surface area (Å²) in [6.07, 6.45) is -0.549. The lowest BCUT2D eigenvalue weighted by Crippen LogP contribution is -2.25. The second-order valence-electron chi connectivity index (χ2n) is 4.88. The number of rotatable bonds is 10. The van der Waals surface area contributed by atoms with Gasteiger partial charge in [-0.2, -0.15) is 0 Å². The largest absolute Gasteiger partial charge is 0.481 e. The van der Waals surface area contributed by atoms with Gasteiger partial charge in [-0.05, 0) is 24.9 Å². The number of aromatic nitrogens is 1. The number of carboxylic acids is 1. The topological polar surface area (TPSA) is 91.0 Å². The Morgan fingerprint density at radius 3 is 2.36 bits per heavy atom. The fourth-order valence-corrected chi connectivity index (χ4v) is 2.16. The summed E-state index contributed by atoms with van der Waals surface area (Å²) in [6, 6.07) is 0. The van der Waals surface area contributed by atoms with Crippen molar-refractivity contribution in [2.24, 2.45) is 5.92 Å². The van der Waals surface area contributed by atoms with Gasteiger partial charge in [-0.15, -0.1) is 0 Å². The molecule has 1 heterocycles. The summed E-state index contributed by atoms with van der Waals surface area (Å²) in [7, 11) is 0. The molecule has 1 N–H and O–H groups in total. The Bertz CT molecular complexity index is 470. The molecular formula is C14H22ClNO6. The first-order valence-corrected chi connectivity index (χ1v) is 7.53. The maximum absolute atomic E-state index is 11.3. The molecule has 0 aliphatic rings. The highest BCUT2D eigenvalue weighted by atomic mass is 35.5. The number of carbonyl (C=O) groups is 1. The first kappa shape index (κ1) is 18.7. The number of ether oxygens (including phenoxy) is 3. The number of hydrogen-bond donors (Lipinski definition) is 1. The van der Waals surface area contributed by atoms with Crippen LogP contribution in [-0.4, -0.2) is 42.3 Å². The Labute approximate surface area is 134 Å². The Morgan fingerprint density at radius 1 is 1.32 bits per heavy atom. The van der Waals surface area contributed by atoms with E-state index in [0.717, 1.165) is 0 Å². The van der Waals surface area contributed by atoms with Crippen molar-refractivity contribution in [3.8, 4) is 5.88 Å². The fraction of sp³-hybridized carbons (Fsp3) is 0.714. The molecule has 1 rings (SSSR count). The SMILES string of the molecule is CCOC(COc1noc(C(C(=O)O)C(C)C)c1Cl)OCC. The monoisotopic (exact) mass is 335 g/mol. The minimum absolute atomic E-state index is 0.0352. The van der Waals surface area contributed by atoms with Crippen LogP contribution in [0.4, 0.5) is 0 Å². The van der Waals surface area contributed by atoms with Crippen LogP contribution in [0, 0.1) is 5.92 Å². The predicted molar refractivity (Wildman–Crippen MR) is 79.3 cm³/mol. The van der Waals surface area contributed by atoms with Crippen molar-refractivity contribution in [3.05, 3.63) is 10.8 Å². The molecule has 0 aliphatic carbocycles. The van der Waals surface area contributed by atoms with Crippen LogP contribution in [0.15, 0.2) is 4.52 Å². The van der Waals surface area contributed by atoms with Crippen molar-refractivity contribution < 1.29 is 28.6 Å². The smallest absolute Gasteiger partial charge is 0.314 e. The van der Waals surface area contributed by atoms with Crippen molar-refractivity contribution in [2.45, 2.75) is 39.9 Å². The highest BCUT2D eigenvalue weighted by molar-refractivity contribution is 6.32. The van der Waals surface area contributed by atoms with Crippen LogP contribution in [0.25, 0.3) is 0 Å². The van der Waals surface area contributed by atoms with Crippen molar-refractivity contribution in [1.29, 1.82) is 0 Å². The summed E-state index contributed by atoms with van der Waals surface area (Å²) in [5.74, 6) is -1.99. The van der Waals surface area contributed by atoms with E-state index in [4.69, 9.17) is 30.3 Å². The second kappa shape index (κ2) is 8.97.